The van der Waals surface area contributed by atoms with Gasteiger partial charge in [0.1, 0.15) is 6.61 Å². The Bertz CT molecular complexity index is 957. The van der Waals surface area contributed by atoms with E-state index in [2.05, 4.69) is 0 Å². The SMILES string of the molecule is CCC(C)(C)C(=O)OCCOCCOCCOCCOCCOCCOCCOCCOCCOCCOCCOCCOCCOCCOCCOCCOCCOCCOCCOCCO. The number of hydrogen-bond acceptors (Lipinski definition) is 22. The van der Waals surface area contributed by atoms with Gasteiger partial charge in [-0.15, -0.1) is 0 Å². The maximum Gasteiger partial charge on any atom is 0.311 e. The van der Waals surface area contributed by atoms with Gasteiger partial charge in [-0.3, -0.25) is 4.79 Å². The Morgan fingerprint density at radius 1 is 0.265 bits per heavy atom. The predicted molar refractivity (Wildman–Crippen MR) is 248 cm³/mol. The standard InChI is InChI=1S/C46H92O22/c1-4-46(2,3)45(48)68-44-43-67-42-41-66-40-39-65-38-37-64-36-35-63-34-33-62-32-31-61-30-29-60-28-27-59-26-25-58-24-23-57-22-21-56-20-19-55-18-17-54-16-15-53-14-13-52-12-11-51-10-9-50-8-7-49-6-5-47/h47H,4-44H2,1-3H3. The lowest BCUT2D eigenvalue weighted by Gasteiger charge is -2.20. The van der Waals surface area contributed by atoms with Crippen LogP contribution < -0.4 is 0 Å². The van der Waals surface area contributed by atoms with E-state index in [-0.39, 0.29) is 19.2 Å². The van der Waals surface area contributed by atoms with Crippen molar-refractivity contribution in [2.75, 3.05) is 264 Å². The smallest absolute Gasteiger partial charge is 0.311 e. The molecule has 1 N–H and O–H groups in total. The highest BCUT2D eigenvalue weighted by atomic mass is 16.6. The maximum absolute atomic E-state index is 11.9. The molecule has 0 aliphatic carbocycles. The van der Waals surface area contributed by atoms with Gasteiger partial charge in [-0.05, 0) is 20.3 Å². The molecule has 0 rings (SSSR count). The summed E-state index contributed by atoms with van der Waals surface area (Å²) in [5.74, 6) is -0.205. The van der Waals surface area contributed by atoms with Crippen molar-refractivity contribution in [2.45, 2.75) is 27.2 Å². The van der Waals surface area contributed by atoms with Crippen molar-refractivity contribution in [3.05, 3.63) is 0 Å². The third kappa shape index (κ3) is 55.6. The van der Waals surface area contributed by atoms with Crippen molar-refractivity contribution in [2.24, 2.45) is 5.41 Å². The quantitative estimate of drug-likeness (QED) is 0.0670. The molecule has 0 spiro atoms. The number of carbonyl (C=O) groups excluding carboxylic acids is 1. The minimum Gasteiger partial charge on any atom is -0.463 e. The summed E-state index contributed by atoms with van der Waals surface area (Å²) in [6.07, 6.45) is 0.730. The van der Waals surface area contributed by atoms with Crippen molar-refractivity contribution >= 4 is 5.97 Å². The Labute approximate surface area is 406 Å². The first-order chi connectivity index (χ1) is 33.5. The molecule has 22 heteroatoms. The summed E-state index contributed by atoms with van der Waals surface area (Å²) in [6.45, 7) is 24.0. The highest BCUT2D eigenvalue weighted by Gasteiger charge is 2.26. The van der Waals surface area contributed by atoms with Crippen LogP contribution in [0.2, 0.25) is 0 Å². The largest absolute Gasteiger partial charge is 0.463 e. The minimum atomic E-state index is -0.465. The second-order valence-electron chi connectivity index (χ2n) is 14.7. The van der Waals surface area contributed by atoms with Crippen LogP contribution in [0.3, 0.4) is 0 Å². The molecule has 0 bridgehead atoms. The molecule has 0 aromatic carbocycles. The topological polar surface area (TPSA) is 222 Å². The molecule has 0 radical (unpaired) electrons. The Morgan fingerprint density at radius 3 is 0.529 bits per heavy atom. The van der Waals surface area contributed by atoms with E-state index >= 15 is 0 Å². The fourth-order valence-corrected chi connectivity index (χ4v) is 4.66. The van der Waals surface area contributed by atoms with Gasteiger partial charge in [0, 0.05) is 0 Å². The summed E-state index contributed by atoms with van der Waals surface area (Å²) in [5, 5.41) is 8.60. The van der Waals surface area contributed by atoms with E-state index in [1.807, 2.05) is 20.8 Å². The van der Waals surface area contributed by atoms with Crippen molar-refractivity contribution in [1.29, 1.82) is 0 Å². The maximum atomic E-state index is 11.9. The zero-order valence-electron chi connectivity index (χ0n) is 42.0. The zero-order chi connectivity index (χ0) is 49.2. The highest BCUT2D eigenvalue weighted by molar-refractivity contribution is 5.75. The molecule has 22 nitrogen and oxygen atoms in total. The van der Waals surface area contributed by atoms with Crippen LogP contribution in [-0.2, 0) is 99.5 Å². The zero-order valence-corrected chi connectivity index (χ0v) is 42.0. The van der Waals surface area contributed by atoms with Crippen LogP contribution in [0.25, 0.3) is 0 Å². The minimum absolute atomic E-state index is 0.0185. The number of carbonyl (C=O) groups is 1. The predicted octanol–water partition coefficient (Wildman–Crippen LogP) is 1.27. The molecular weight excluding hydrogens is 904 g/mol. The van der Waals surface area contributed by atoms with Gasteiger partial charge < -0.3 is 99.8 Å². The van der Waals surface area contributed by atoms with Crippen LogP contribution in [0.15, 0.2) is 0 Å². The van der Waals surface area contributed by atoms with Gasteiger partial charge in [0.05, 0.1) is 263 Å². The molecule has 0 unspecified atom stereocenters. The second kappa shape index (κ2) is 58.2. The summed E-state index contributed by atoms with van der Waals surface area (Å²) in [7, 11) is 0. The normalized spacial score (nSPS) is 11.9. The molecule has 68 heavy (non-hydrogen) atoms. The molecule has 408 valence electrons. The first kappa shape index (κ1) is 66.7. The van der Waals surface area contributed by atoms with Crippen molar-refractivity contribution in [3.63, 3.8) is 0 Å². The summed E-state index contributed by atoms with van der Waals surface area (Å²) >= 11 is 0. The van der Waals surface area contributed by atoms with Gasteiger partial charge >= 0.3 is 5.97 Å². The molecule has 0 amide bonds. The van der Waals surface area contributed by atoms with Crippen LogP contribution in [0.5, 0.6) is 0 Å². The number of aliphatic hydroxyl groups is 1. The van der Waals surface area contributed by atoms with Gasteiger partial charge in [-0.2, -0.15) is 0 Å². The number of hydrogen-bond donors (Lipinski definition) is 1. The molecule has 0 atom stereocenters. The van der Waals surface area contributed by atoms with E-state index in [0.29, 0.717) is 251 Å². The van der Waals surface area contributed by atoms with Gasteiger partial charge in [-0.25, -0.2) is 0 Å². The van der Waals surface area contributed by atoms with Gasteiger partial charge in [-0.1, -0.05) is 6.92 Å². The lowest BCUT2D eigenvalue weighted by atomic mass is 9.91. The van der Waals surface area contributed by atoms with E-state index in [1.54, 1.807) is 0 Å². The summed E-state index contributed by atoms with van der Waals surface area (Å²) < 4.78 is 109. The molecule has 0 heterocycles. The van der Waals surface area contributed by atoms with Gasteiger partial charge in [0.2, 0.25) is 0 Å². The number of ether oxygens (including phenoxy) is 20. The van der Waals surface area contributed by atoms with E-state index in [1.165, 1.54) is 0 Å². The number of aliphatic hydroxyl groups excluding tert-OH is 1. The summed E-state index contributed by atoms with van der Waals surface area (Å²) in [5.41, 5.74) is -0.465. The third-order valence-corrected chi connectivity index (χ3v) is 8.83. The van der Waals surface area contributed by atoms with Crippen LogP contribution in [0.1, 0.15) is 27.2 Å². The molecule has 0 aliphatic heterocycles. The lowest BCUT2D eigenvalue weighted by Crippen LogP contribution is -2.27. The molecular formula is C46H92O22. The van der Waals surface area contributed by atoms with E-state index in [9.17, 15) is 4.79 Å². The Morgan fingerprint density at radius 2 is 0.397 bits per heavy atom. The highest BCUT2D eigenvalue weighted by Crippen LogP contribution is 2.21. The Balaban J connectivity index is 3.10. The first-order valence-corrected chi connectivity index (χ1v) is 24.3. The third-order valence-electron chi connectivity index (χ3n) is 8.83. The molecule has 0 aliphatic rings. The fraction of sp³-hybridized carbons (Fsp3) is 0.978. The van der Waals surface area contributed by atoms with Gasteiger partial charge in [0.25, 0.3) is 0 Å². The molecule has 0 saturated heterocycles. The Hall–Kier alpha value is -1.33. The number of esters is 1. The van der Waals surface area contributed by atoms with Crippen LogP contribution in [-0.4, -0.2) is 275 Å². The van der Waals surface area contributed by atoms with E-state index in [0.717, 1.165) is 6.42 Å². The van der Waals surface area contributed by atoms with Crippen molar-refractivity contribution < 1.29 is 105 Å². The van der Waals surface area contributed by atoms with Crippen molar-refractivity contribution in [3.8, 4) is 0 Å². The lowest BCUT2D eigenvalue weighted by molar-refractivity contribution is -0.155. The summed E-state index contributed by atoms with van der Waals surface area (Å²) in [4.78, 5) is 11.9. The average Bonchev–Trinajstić information content (AvgIpc) is 3.34. The van der Waals surface area contributed by atoms with E-state index < -0.39 is 5.41 Å². The molecule has 0 saturated carbocycles. The molecule has 0 fully saturated rings. The van der Waals surface area contributed by atoms with Crippen molar-refractivity contribution in [1.82, 2.24) is 0 Å². The van der Waals surface area contributed by atoms with Gasteiger partial charge in [0.15, 0.2) is 0 Å². The van der Waals surface area contributed by atoms with Crippen LogP contribution in [0.4, 0.5) is 0 Å². The molecule has 0 aromatic rings. The summed E-state index contributed by atoms with van der Waals surface area (Å²) in [6, 6.07) is 0. The van der Waals surface area contributed by atoms with Crippen LogP contribution in [0, 0.1) is 5.41 Å². The van der Waals surface area contributed by atoms with E-state index in [4.69, 9.17) is 99.8 Å². The second-order valence-corrected chi connectivity index (χ2v) is 14.7. The first-order valence-electron chi connectivity index (χ1n) is 24.3. The average molecular weight is 997 g/mol. The number of rotatable bonds is 61. The monoisotopic (exact) mass is 997 g/mol. The molecule has 0 aromatic heterocycles. The van der Waals surface area contributed by atoms with Crippen LogP contribution >= 0.6 is 0 Å². The Kier molecular flexibility index (Phi) is 57.1. The fourth-order valence-electron chi connectivity index (χ4n) is 4.66.